The van der Waals surface area contributed by atoms with Crippen molar-refractivity contribution in [1.82, 2.24) is 0 Å². The van der Waals surface area contributed by atoms with Crippen molar-refractivity contribution in [3.8, 4) is 28.7 Å². The van der Waals surface area contributed by atoms with Crippen LogP contribution < -0.4 is 34.3 Å². The van der Waals surface area contributed by atoms with Gasteiger partial charge in [0.05, 0.1) is 46.9 Å². The van der Waals surface area contributed by atoms with Crippen molar-refractivity contribution in [2.45, 2.75) is 0 Å². The number of ether oxygens (including phenoxy) is 5. The first-order valence-corrected chi connectivity index (χ1v) is 10.9. The van der Waals surface area contributed by atoms with Crippen molar-refractivity contribution in [2.75, 3.05) is 46.2 Å². The molecule has 0 atom stereocenters. The normalized spacial score (nSPS) is 10.0. The van der Waals surface area contributed by atoms with Gasteiger partial charge in [0.1, 0.15) is 22.8 Å². The summed E-state index contributed by atoms with van der Waals surface area (Å²) in [6, 6.07) is 17.0. The standard InChI is InChI=1S/C27H28N2O7/c1-32-21-12-8-6-10-19(21)28-26(30)18(27(31)29-20-11-7-9-13-22(20)33-2)14-17-15-24(35-4)25(36-5)16-23(17)34-3/h6-16H,1-5H3,(H,28,30)(H,29,31). The molecule has 0 heterocycles. The molecule has 0 bridgehead atoms. The van der Waals surface area contributed by atoms with Crippen LogP contribution in [0.15, 0.2) is 66.2 Å². The van der Waals surface area contributed by atoms with Gasteiger partial charge < -0.3 is 34.3 Å². The topological polar surface area (TPSA) is 104 Å². The lowest BCUT2D eigenvalue weighted by Gasteiger charge is -2.15. The first kappa shape index (κ1) is 26.0. The average molecular weight is 493 g/mol. The molecule has 9 heteroatoms. The fourth-order valence-electron chi connectivity index (χ4n) is 3.43. The van der Waals surface area contributed by atoms with E-state index in [9.17, 15) is 9.59 Å². The molecule has 188 valence electrons. The number of para-hydroxylation sites is 4. The Kier molecular flexibility index (Phi) is 8.77. The van der Waals surface area contributed by atoms with Gasteiger partial charge in [-0.1, -0.05) is 24.3 Å². The van der Waals surface area contributed by atoms with Gasteiger partial charge in [0, 0.05) is 11.6 Å². The Hall–Kier alpha value is -4.66. The van der Waals surface area contributed by atoms with Gasteiger partial charge in [0.2, 0.25) is 0 Å². The van der Waals surface area contributed by atoms with Gasteiger partial charge in [-0.15, -0.1) is 0 Å². The van der Waals surface area contributed by atoms with Gasteiger partial charge in [-0.3, -0.25) is 9.59 Å². The molecule has 3 aromatic rings. The number of hydrogen-bond acceptors (Lipinski definition) is 7. The highest BCUT2D eigenvalue weighted by atomic mass is 16.5. The maximum Gasteiger partial charge on any atom is 0.261 e. The first-order valence-electron chi connectivity index (χ1n) is 10.9. The number of nitrogens with one attached hydrogen (secondary N) is 2. The number of hydrogen-bond donors (Lipinski definition) is 2. The molecule has 0 aliphatic carbocycles. The molecule has 0 aromatic heterocycles. The van der Waals surface area contributed by atoms with Crippen LogP contribution >= 0.6 is 0 Å². The van der Waals surface area contributed by atoms with E-state index in [-0.39, 0.29) is 5.57 Å². The summed E-state index contributed by atoms with van der Waals surface area (Å²) in [5.41, 5.74) is 1.04. The zero-order chi connectivity index (χ0) is 26.1. The van der Waals surface area contributed by atoms with Crippen molar-refractivity contribution >= 4 is 29.3 Å². The van der Waals surface area contributed by atoms with Crippen molar-refractivity contribution in [3.05, 3.63) is 71.8 Å². The van der Waals surface area contributed by atoms with Gasteiger partial charge in [-0.2, -0.15) is 0 Å². The van der Waals surface area contributed by atoms with Crippen LogP contribution in [-0.2, 0) is 9.59 Å². The fraction of sp³-hybridized carbons (Fsp3) is 0.185. The van der Waals surface area contributed by atoms with E-state index in [0.29, 0.717) is 45.7 Å². The molecule has 0 spiro atoms. The molecule has 0 fully saturated rings. The molecule has 0 saturated carbocycles. The minimum absolute atomic E-state index is 0.197. The summed E-state index contributed by atoms with van der Waals surface area (Å²) >= 11 is 0. The van der Waals surface area contributed by atoms with E-state index in [1.165, 1.54) is 41.6 Å². The lowest BCUT2D eigenvalue weighted by Crippen LogP contribution is -2.25. The van der Waals surface area contributed by atoms with Crippen LogP contribution in [0.1, 0.15) is 5.56 Å². The zero-order valence-corrected chi connectivity index (χ0v) is 20.7. The molecule has 36 heavy (non-hydrogen) atoms. The highest BCUT2D eigenvalue weighted by Gasteiger charge is 2.23. The van der Waals surface area contributed by atoms with Crippen LogP contribution in [0.3, 0.4) is 0 Å². The minimum Gasteiger partial charge on any atom is -0.496 e. The molecular weight excluding hydrogens is 464 g/mol. The quantitative estimate of drug-likeness (QED) is 0.246. The molecule has 2 N–H and O–H groups in total. The predicted octanol–water partition coefficient (Wildman–Crippen LogP) is 4.39. The molecule has 0 saturated heterocycles. The lowest BCUT2D eigenvalue weighted by atomic mass is 10.1. The summed E-state index contributed by atoms with van der Waals surface area (Å²) in [5.74, 6) is 0.773. The van der Waals surface area contributed by atoms with Crippen molar-refractivity contribution in [2.24, 2.45) is 0 Å². The first-order chi connectivity index (χ1) is 17.4. The Morgan fingerprint density at radius 1 is 0.583 bits per heavy atom. The van der Waals surface area contributed by atoms with Crippen LogP contribution in [0, 0.1) is 0 Å². The number of carbonyl (C=O) groups is 2. The summed E-state index contributed by atoms with van der Waals surface area (Å²) in [4.78, 5) is 26.8. The number of rotatable bonds is 10. The maximum atomic E-state index is 13.4. The average Bonchev–Trinajstić information content (AvgIpc) is 2.91. The Morgan fingerprint density at radius 3 is 1.44 bits per heavy atom. The third kappa shape index (κ3) is 5.87. The Labute approximate surface area is 209 Å². The van der Waals surface area contributed by atoms with Crippen molar-refractivity contribution in [1.29, 1.82) is 0 Å². The second kappa shape index (κ2) is 12.2. The highest BCUT2D eigenvalue weighted by Crippen LogP contribution is 2.36. The molecule has 3 rings (SSSR count). The summed E-state index contributed by atoms with van der Waals surface area (Å²) in [5, 5.41) is 5.49. The SMILES string of the molecule is COc1cc(OC)c(OC)cc1C=C(C(=O)Nc1ccccc1OC)C(=O)Nc1ccccc1OC. The molecule has 0 radical (unpaired) electrons. The summed E-state index contributed by atoms with van der Waals surface area (Å²) in [6.07, 6.45) is 1.41. The number of benzene rings is 3. The van der Waals surface area contributed by atoms with Crippen LogP contribution in [0.25, 0.3) is 6.08 Å². The smallest absolute Gasteiger partial charge is 0.261 e. The third-order valence-corrected chi connectivity index (χ3v) is 5.24. The van der Waals surface area contributed by atoms with Gasteiger partial charge in [-0.05, 0) is 36.4 Å². The van der Waals surface area contributed by atoms with Gasteiger partial charge in [0.25, 0.3) is 11.8 Å². The van der Waals surface area contributed by atoms with Crippen molar-refractivity contribution < 1.29 is 33.3 Å². The summed E-state index contributed by atoms with van der Waals surface area (Å²) in [7, 11) is 7.44. The highest BCUT2D eigenvalue weighted by molar-refractivity contribution is 6.29. The number of carbonyl (C=O) groups excluding carboxylic acids is 2. The molecular formula is C27H28N2O7. The van der Waals surface area contributed by atoms with E-state index in [2.05, 4.69) is 10.6 Å². The number of anilines is 2. The maximum absolute atomic E-state index is 13.4. The molecule has 0 unspecified atom stereocenters. The fourth-order valence-corrected chi connectivity index (χ4v) is 3.43. The van der Waals surface area contributed by atoms with E-state index in [1.807, 2.05) is 0 Å². The molecule has 3 aromatic carbocycles. The van der Waals surface area contributed by atoms with E-state index in [1.54, 1.807) is 60.7 Å². The summed E-state index contributed by atoms with van der Waals surface area (Å²) < 4.78 is 26.8. The molecule has 2 amide bonds. The Bertz CT molecular complexity index is 1210. The number of methoxy groups -OCH3 is 5. The predicted molar refractivity (Wildman–Crippen MR) is 137 cm³/mol. The second-order valence-corrected chi connectivity index (χ2v) is 7.32. The van der Waals surface area contributed by atoms with Crippen LogP contribution in [0.5, 0.6) is 28.7 Å². The Morgan fingerprint density at radius 2 is 1.00 bits per heavy atom. The van der Waals surface area contributed by atoms with Gasteiger partial charge >= 0.3 is 0 Å². The van der Waals surface area contributed by atoms with Crippen LogP contribution in [0.2, 0.25) is 0 Å². The van der Waals surface area contributed by atoms with E-state index in [4.69, 9.17) is 23.7 Å². The van der Waals surface area contributed by atoms with Crippen LogP contribution in [0.4, 0.5) is 11.4 Å². The van der Waals surface area contributed by atoms with Gasteiger partial charge in [0.15, 0.2) is 11.5 Å². The zero-order valence-electron chi connectivity index (χ0n) is 20.7. The summed E-state index contributed by atoms with van der Waals surface area (Å²) in [6.45, 7) is 0. The lowest BCUT2D eigenvalue weighted by molar-refractivity contribution is -0.118. The molecule has 0 aliphatic heterocycles. The minimum atomic E-state index is -0.663. The van der Waals surface area contributed by atoms with Crippen LogP contribution in [-0.4, -0.2) is 47.4 Å². The Balaban J connectivity index is 2.09. The van der Waals surface area contributed by atoms with Crippen molar-refractivity contribution in [3.63, 3.8) is 0 Å². The van der Waals surface area contributed by atoms with Gasteiger partial charge in [-0.25, -0.2) is 0 Å². The monoisotopic (exact) mass is 492 g/mol. The molecule has 0 aliphatic rings. The largest absolute Gasteiger partial charge is 0.496 e. The molecule has 9 nitrogen and oxygen atoms in total. The number of amides is 2. The van der Waals surface area contributed by atoms with E-state index < -0.39 is 11.8 Å². The van der Waals surface area contributed by atoms with E-state index in [0.717, 1.165) is 0 Å². The van der Waals surface area contributed by atoms with E-state index >= 15 is 0 Å². The second-order valence-electron chi connectivity index (χ2n) is 7.32. The third-order valence-electron chi connectivity index (χ3n) is 5.24.